The molecule has 1 aromatic rings. The number of ether oxygens (including phenoxy) is 2. The summed E-state index contributed by atoms with van der Waals surface area (Å²) in [6, 6.07) is 6.41. The Morgan fingerprint density at radius 3 is 2.80 bits per heavy atom. The summed E-state index contributed by atoms with van der Waals surface area (Å²) in [7, 11) is 0. The van der Waals surface area contributed by atoms with Gasteiger partial charge in [-0.05, 0) is 19.1 Å². The normalized spacial score (nSPS) is 9.13. The van der Waals surface area contributed by atoms with Crippen molar-refractivity contribution in [2.75, 3.05) is 6.61 Å². The molecule has 0 aromatic heterocycles. The zero-order valence-electron chi connectivity index (χ0n) is 7.99. The molecular weight excluding hydrogens is 218 g/mol. The van der Waals surface area contributed by atoms with Gasteiger partial charge in [0, 0.05) is 17.7 Å². The number of carbonyl (C=O) groups excluding carboxylic acids is 1. The van der Waals surface area contributed by atoms with Gasteiger partial charge in [0.25, 0.3) is 0 Å². The lowest BCUT2D eigenvalue weighted by atomic mass is 10.2. The fourth-order valence-electron chi connectivity index (χ4n) is 1.02. The van der Waals surface area contributed by atoms with Gasteiger partial charge in [-0.25, -0.2) is 4.79 Å². The Hall–Kier alpha value is -1.73. The zero-order valence-corrected chi connectivity index (χ0v) is 8.75. The van der Waals surface area contributed by atoms with Gasteiger partial charge in [0.05, 0.1) is 18.2 Å². The van der Waals surface area contributed by atoms with E-state index in [-0.39, 0.29) is 5.75 Å². The first kappa shape index (κ1) is 11.3. The molecule has 0 radical (unpaired) electrons. The molecule has 1 aromatic carbocycles. The summed E-state index contributed by atoms with van der Waals surface area (Å²) in [5, 5.41) is 8.66. The third kappa shape index (κ3) is 3.15. The zero-order chi connectivity index (χ0) is 11.3. The Morgan fingerprint density at radius 1 is 1.53 bits per heavy atom. The second-order valence-corrected chi connectivity index (χ2v) is 2.85. The Morgan fingerprint density at radius 2 is 2.27 bits per heavy atom. The van der Waals surface area contributed by atoms with Crippen LogP contribution in [-0.4, -0.2) is 12.0 Å². The molecule has 0 fully saturated rings. The van der Waals surface area contributed by atoms with Gasteiger partial charge in [0.1, 0.15) is 0 Å². The van der Waals surface area contributed by atoms with E-state index in [2.05, 4.69) is 4.74 Å². The first-order valence-corrected chi connectivity index (χ1v) is 4.59. The summed E-state index contributed by atoms with van der Waals surface area (Å²) in [6.07, 6.45) is 0. The molecule has 0 N–H and O–H groups in total. The number of halogens is 1. The van der Waals surface area contributed by atoms with Crippen molar-refractivity contribution >= 4 is 17.0 Å². The fourth-order valence-corrected chi connectivity index (χ4v) is 1.10. The minimum Gasteiger partial charge on any atom is -0.490 e. The molecule has 0 heterocycles. The van der Waals surface area contributed by atoms with Gasteiger partial charge in [0.15, 0.2) is 11.5 Å². The second-order valence-electron chi connectivity index (χ2n) is 2.55. The van der Waals surface area contributed by atoms with Crippen molar-refractivity contribution in [2.24, 2.45) is 0 Å². The van der Waals surface area contributed by atoms with E-state index < -0.39 is 5.43 Å². The first-order valence-electron chi connectivity index (χ1n) is 4.21. The molecule has 0 unspecified atom stereocenters. The van der Waals surface area contributed by atoms with Crippen molar-refractivity contribution < 1.29 is 14.3 Å². The Labute approximate surface area is 92.0 Å². The van der Waals surface area contributed by atoms with Crippen molar-refractivity contribution in [1.29, 1.82) is 5.26 Å². The van der Waals surface area contributed by atoms with Crippen LogP contribution in [0.2, 0.25) is 0 Å². The van der Waals surface area contributed by atoms with Crippen molar-refractivity contribution in [2.45, 2.75) is 6.92 Å². The highest BCUT2D eigenvalue weighted by Crippen LogP contribution is 2.28. The Bertz CT molecular complexity index is 412. The molecule has 0 aliphatic rings. The van der Waals surface area contributed by atoms with E-state index in [9.17, 15) is 4.79 Å². The lowest BCUT2D eigenvalue weighted by Gasteiger charge is -2.08. The van der Waals surface area contributed by atoms with Crippen LogP contribution >= 0.6 is 11.6 Å². The van der Waals surface area contributed by atoms with Crippen LogP contribution in [0.15, 0.2) is 18.2 Å². The summed E-state index contributed by atoms with van der Waals surface area (Å²) < 4.78 is 9.88. The van der Waals surface area contributed by atoms with Crippen LogP contribution < -0.4 is 9.47 Å². The standard InChI is InChI=1S/C10H8ClNO3/c1-2-14-9-5-7(6-12)3-4-8(9)15-10(11)13/h3-5H,2H2,1H3. The van der Waals surface area contributed by atoms with E-state index in [0.29, 0.717) is 17.9 Å². The molecule has 4 nitrogen and oxygen atoms in total. The molecule has 0 aliphatic carbocycles. The van der Waals surface area contributed by atoms with E-state index in [1.807, 2.05) is 6.07 Å². The lowest BCUT2D eigenvalue weighted by Crippen LogP contribution is -2.00. The predicted octanol–water partition coefficient (Wildman–Crippen LogP) is 2.69. The molecule has 1 rings (SSSR count). The predicted molar refractivity (Wildman–Crippen MR) is 54.2 cm³/mol. The monoisotopic (exact) mass is 225 g/mol. The maximum atomic E-state index is 10.5. The fraction of sp³-hybridized carbons (Fsp3) is 0.200. The molecule has 0 amide bonds. The second kappa shape index (κ2) is 5.23. The van der Waals surface area contributed by atoms with E-state index in [1.165, 1.54) is 18.2 Å². The molecule has 5 heteroatoms. The van der Waals surface area contributed by atoms with Crippen LogP contribution in [0.25, 0.3) is 0 Å². The van der Waals surface area contributed by atoms with E-state index >= 15 is 0 Å². The molecule has 78 valence electrons. The van der Waals surface area contributed by atoms with Crippen LogP contribution in [0.3, 0.4) is 0 Å². The lowest BCUT2D eigenvalue weighted by molar-refractivity contribution is 0.222. The summed E-state index contributed by atoms with van der Waals surface area (Å²) >= 11 is 5.08. The first-order chi connectivity index (χ1) is 7.17. The molecule has 0 spiro atoms. The largest absolute Gasteiger partial charge is 0.490 e. The smallest absolute Gasteiger partial charge is 0.409 e. The summed E-state index contributed by atoms with van der Waals surface area (Å²) in [5.41, 5.74) is -0.520. The van der Waals surface area contributed by atoms with Gasteiger partial charge >= 0.3 is 5.43 Å². The van der Waals surface area contributed by atoms with Gasteiger partial charge in [-0.2, -0.15) is 5.26 Å². The van der Waals surface area contributed by atoms with Crippen LogP contribution in [0.5, 0.6) is 11.5 Å². The van der Waals surface area contributed by atoms with Gasteiger partial charge in [-0.15, -0.1) is 0 Å². The minimum atomic E-state index is -0.944. The number of rotatable bonds is 3. The van der Waals surface area contributed by atoms with Crippen LogP contribution in [0.1, 0.15) is 12.5 Å². The maximum absolute atomic E-state index is 10.5. The van der Waals surface area contributed by atoms with E-state index in [4.69, 9.17) is 21.6 Å². The average Bonchev–Trinajstić information content (AvgIpc) is 2.20. The Balaban J connectivity index is 3.04. The molecular formula is C10H8ClNO3. The van der Waals surface area contributed by atoms with Crippen molar-refractivity contribution in [1.82, 2.24) is 0 Å². The summed E-state index contributed by atoms with van der Waals surface area (Å²) in [5.74, 6) is 0.529. The van der Waals surface area contributed by atoms with Gasteiger partial charge in [0.2, 0.25) is 0 Å². The molecule has 0 saturated heterocycles. The van der Waals surface area contributed by atoms with Crippen LogP contribution in [-0.2, 0) is 0 Å². The third-order valence-electron chi connectivity index (χ3n) is 1.56. The number of hydrogen-bond donors (Lipinski definition) is 0. The Kier molecular flexibility index (Phi) is 3.95. The molecule has 0 aliphatic heterocycles. The average molecular weight is 226 g/mol. The number of nitriles is 1. The molecule has 0 saturated carbocycles. The summed E-state index contributed by atoms with van der Waals surface area (Å²) in [4.78, 5) is 10.5. The molecule has 0 atom stereocenters. The SMILES string of the molecule is CCOc1cc(C#N)ccc1OC(=O)Cl. The highest BCUT2D eigenvalue weighted by Gasteiger charge is 2.09. The topological polar surface area (TPSA) is 59.3 Å². The van der Waals surface area contributed by atoms with Gasteiger partial charge in [-0.1, -0.05) is 0 Å². The summed E-state index contributed by atoms with van der Waals surface area (Å²) in [6.45, 7) is 2.19. The number of hydrogen-bond acceptors (Lipinski definition) is 4. The molecule has 15 heavy (non-hydrogen) atoms. The molecule has 0 bridgehead atoms. The van der Waals surface area contributed by atoms with Crippen molar-refractivity contribution in [3.8, 4) is 17.6 Å². The number of carbonyl (C=O) groups is 1. The highest BCUT2D eigenvalue weighted by molar-refractivity contribution is 6.61. The third-order valence-corrected chi connectivity index (χ3v) is 1.64. The van der Waals surface area contributed by atoms with E-state index in [0.717, 1.165) is 0 Å². The van der Waals surface area contributed by atoms with Crippen molar-refractivity contribution in [3.63, 3.8) is 0 Å². The number of benzene rings is 1. The van der Waals surface area contributed by atoms with Crippen LogP contribution in [0.4, 0.5) is 4.79 Å². The van der Waals surface area contributed by atoms with Gasteiger partial charge in [-0.3, -0.25) is 0 Å². The van der Waals surface area contributed by atoms with E-state index in [1.54, 1.807) is 6.92 Å². The highest BCUT2D eigenvalue weighted by atomic mass is 35.5. The van der Waals surface area contributed by atoms with Gasteiger partial charge < -0.3 is 9.47 Å². The maximum Gasteiger partial charge on any atom is 0.409 e. The minimum absolute atomic E-state index is 0.204. The van der Waals surface area contributed by atoms with Crippen molar-refractivity contribution in [3.05, 3.63) is 23.8 Å². The quantitative estimate of drug-likeness (QED) is 0.742. The van der Waals surface area contributed by atoms with Crippen LogP contribution in [0, 0.1) is 11.3 Å². The number of nitrogens with zero attached hydrogens (tertiary/aromatic N) is 1.